The largest absolute Gasteiger partial charge is 0.481 e. The van der Waals surface area contributed by atoms with Crippen LogP contribution in [0.1, 0.15) is 12.5 Å². The van der Waals surface area contributed by atoms with Crippen molar-refractivity contribution in [3.05, 3.63) is 34.9 Å². The molecule has 0 spiro atoms. The van der Waals surface area contributed by atoms with E-state index in [2.05, 4.69) is 0 Å². The molecule has 0 saturated heterocycles. The van der Waals surface area contributed by atoms with Crippen LogP contribution in [0.3, 0.4) is 0 Å². The van der Waals surface area contributed by atoms with Crippen LogP contribution in [0.15, 0.2) is 24.3 Å². The predicted molar refractivity (Wildman–Crippen MR) is 62.8 cm³/mol. The van der Waals surface area contributed by atoms with Gasteiger partial charge in [0.05, 0.1) is 12.5 Å². The Morgan fingerprint density at radius 1 is 1.56 bits per heavy atom. The molecule has 1 unspecified atom stereocenters. The SMILES string of the molecule is CCOCC(Cc1cccc(Cl)c1)C(=O)O. The van der Waals surface area contributed by atoms with E-state index in [9.17, 15) is 4.79 Å². The van der Waals surface area contributed by atoms with Crippen molar-refractivity contribution in [3.8, 4) is 0 Å². The van der Waals surface area contributed by atoms with Crippen LogP contribution in [-0.4, -0.2) is 24.3 Å². The first-order valence-electron chi connectivity index (χ1n) is 5.18. The van der Waals surface area contributed by atoms with Crippen LogP contribution in [0.2, 0.25) is 5.02 Å². The van der Waals surface area contributed by atoms with Crippen LogP contribution in [0.5, 0.6) is 0 Å². The van der Waals surface area contributed by atoms with Gasteiger partial charge in [-0.3, -0.25) is 4.79 Å². The van der Waals surface area contributed by atoms with E-state index in [0.717, 1.165) is 5.56 Å². The number of rotatable bonds is 6. The summed E-state index contributed by atoms with van der Waals surface area (Å²) in [6.07, 6.45) is 0.440. The molecule has 1 atom stereocenters. The second kappa shape index (κ2) is 6.51. The Kier molecular flexibility index (Phi) is 5.29. The van der Waals surface area contributed by atoms with Gasteiger partial charge in [-0.05, 0) is 31.0 Å². The lowest BCUT2D eigenvalue weighted by Gasteiger charge is -2.12. The number of halogens is 1. The van der Waals surface area contributed by atoms with Crippen molar-refractivity contribution >= 4 is 17.6 Å². The molecule has 0 saturated carbocycles. The first kappa shape index (κ1) is 13.0. The molecule has 1 rings (SSSR count). The maximum absolute atomic E-state index is 11.0. The topological polar surface area (TPSA) is 46.5 Å². The maximum Gasteiger partial charge on any atom is 0.309 e. The Balaban J connectivity index is 2.64. The maximum atomic E-state index is 11.0. The van der Waals surface area contributed by atoms with Crippen LogP contribution in [0.25, 0.3) is 0 Å². The minimum Gasteiger partial charge on any atom is -0.481 e. The molecule has 0 aliphatic heterocycles. The van der Waals surface area contributed by atoms with Crippen molar-refractivity contribution in [1.82, 2.24) is 0 Å². The Morgan fingerprint density at radius 3 is 2.88 bits per heavy atom. The average molecular weight is 243 g/mol. The standard InChI is InChI=1S/C12H15ClO3/c1-2-16-8-10(12(14)15)6-9-4-3-5-11(13)7-9/h3-5,7,10H,2,6,8H2,1H3,(H,14,15). The van der Waals surface area contributed by atoms with Crippen molar-refractivity contribution in [2.75, 3.05) is 13.2 Å². The molecule has 0 bridgehead atoms. The summed E-state index contributed by atoms with van der Waals surface area (Å²) in [7, 11) is 0. The molecular weight excluding hydrogens is 228 g/mol. The third-order valence-corrected chi connectivity index (χ3v) is 2.48. The number of ether oxygens (including phenoxy) is 1. The lowest BCUT2D eigenvalue weighted by molar-refractivity contribution is -0.143. The van der Waals surface area contributed by atoms with Crippen molar-refractivity contribution in [3.63, 3.8) is 0 Å². The summed E-state index contributed by atoms with van der Waals surface area (Å²) in [5.41, 5.74) is 0.916. The van der Waals surface area contributed by atoms with Gasteiger partial charge in [-0.1, -0.05) is 23.7 Å². The number of carbonyl (C=O) groups is 1. The second-order valence-corrected chi connectivity index (χ2v) is 3.97. The lowest BCUT2D eigenvalue weighted by atomic mass is 10.0. The van der Waals surface area contributed by atoms with E-state index in [1.54, 1.807) is 12.1 Å². The number of benzene rings is 1. The van der Waals surface area contributed by atoms with E-state index in [4.69, 9.17) is 21.4 Å². The molecule has 1 aromatic rings. The van der Waals surface area contributed by atoms with Gasteiger partial charge in [0, 0.05) is 11.6 Å². The van der Waals surface area contributed by atoms with Crippen LogP contribution in [0.4, 0.5) is 0 Å². The molecule has 16 heavy (non-hydrogen) atoms. The Labute approximate surface area is 100.0 Å². The first-order valence-corrected chi connectivity index (χ1v) is 5.56. The summed E-state index contributed by atoms with van der Waals surface area (Å²) in [5.74, 6) is -1.35. The third-order valence-electron chi connectivity index (χ3n) is 2.24. The fourth-order valence-corrected chi connectivity index (χ4v) is 1.64. The smallest absolute Gasteiger partial charge is 0.309 e. The molecule has 0 radical (unpaired) electrons. The molecule has 1 N–H and O–H groups in total. The van der Waals surface area contributed by atoms with Gasteiger partial charge in [-0.2, -0.15) is 0 Å². The molecule has 0 aromatic heterocycles. The van der Waals surface area contributed by atoms with Gasteiger partial charge in [-0.25, -0.2) is 0 Å². The third kappa shape index (κ3) is 4.21. The van der Waals surface area contributed by atoms with E-state index >= 15 is 0 Å². The molecule has 88 valence electrons. The van der Waals surface area contributed by atoms with Gasteiger partial charge in [0.15, 0.2) is 0 Å². The predicted octanol–water partition coefficient (Wildman–Crippen LogP) is 2.62. The highest BCUT2D eigenvalue weighted by atomic mass is 35.5. The monoisotopic (exact) mass is 242 g/mol. The minimum atomic E-state index is -0.839. The summed E-state index contributed by atoms with van der Waals surface area (Å²) in [6, 6.07) is 7.23. The molecule has 0 heterocycles. The number of hydrogen-bond donors (Lipinski definition) is 1. The Hall–Kier alpha value is -1.06. The van der Waals surface area contributed by atoms with E-state index < -0.39 is 11.9 Å². The molecule has 0 aliphatic rings. The summed E-state index contributed by atoms with van der Waals surface area (Å²) in [6.45, 7) is 2.61. The number of hydrogen-bond acceptors (Lipinski definition) is 2. The quantitative estimate of drug-likeness (QED) is 0.834. The van der Waals surface area contributed by atoms with Gasteiger partial charge in [0.1, 0.15) is 0 Å². The lowest BCUT2D eigenvalue weighted by Crippen LogP contribution is -2.22. The van der Waals surface area contributed by atoms with E-state index in [1.165, 1.54) is 0 Å². The second-order valence-electron chi connectivity index (χ2n) is 3.53. The molecule has 1 aromatic carbocycles. The van der Waals surface area contributed by atoms with Crippen molar-refractivity contribution in [2.45, 2.75) is 13.3 Å². The summed E-state index contributed by atoms with van der Waals surface area (Å²) < 4.78 is 5.15. The number of carboxylic acids is 1. The average Bonchev–Trinajstić information content (AvgIpc) is 2.24. The fraction of sp³-hybridized carbons (Fsp3) is 0.417. The highest BCUT2D eigenvalue weighted by Crippen LogP contribution is 2.15. The van der Waals surface area contributed by atoms with Crippen LogP contribution >= 0.6 is 11.6 Å². The van der Waals surface area contributed by atoms with Crippen LogP contribution < -0.4 is 0 Å². The summed E-state index contributed by atoms with van der Waals surface area (Å²) >= 11 is 5.83. The van der Waals surface area contributed by atoms with Crippen molar-refractivity contribution in [2.24, 2.45) is 5.92 Å². The van der Waals surface area contributed by atoms with E-state index in [1.807, 2.05) is 19.1 Å². The Bertz CT molecular complexity index is 352. The zero-order valence-corrected chi connectivity index (χ0v) is 9.91. The van der Waals surface area contributed by atoms with E-state index in [0.29, 0.717) is 18.1 Å². The van der Waals surface area contributed by atoms with E-state index in [-0.39, 0.29) is 6.61 Å². The zero-order valence-electron chi connectivity index (χ0n) is 9.15. The first-order chi connectivity index (χ1) is 7.63. The Morgan fingerprint density at radius 2 is 2.31 bits per heavy atom. The van der Waals surface area contributed by atoms with Gasteiger partial charge in [-0.15, -0.1) is 0 Å². The molecule has 0 fully saturated rings. The van der Waals surface area contributed by atoms with Crippen LogP contribution in [0, 0.1) is 5.92 Å². The normalized spacial score (nSPS) is 12.4. The van der Waals surface area contributed by atoms with Gasteiger partial charge < -0.3 is 9.84 Å². The molecule has 0 amide bonds. The van der Waals surface area contributed by atoms with Gasteiger partial charge in [0.25, 0.3) is 0 Å². The molecule has 4 heteroatoms. The summed E-state index contributed by atoms with van der Waals surface area (Å²) in [4.78, 5) is 11.0. The van der Waals surface area contributed by atoms with Crippen LogP contribution in [-0.2, 0) is 16.0 Å². The van der Waals surface area contributed by atoms with Gasteiger partial charge in [0.2, 0.25) is 0 Å². The number of aliphatic carboxylic acids is 1. The highest BCUT2D eigenvalue weighted by Gasteiger charge is 2.18. The highest BCUT2D eigenvalue weighted by molar-refractivity contribution is 6.30. The molecular formula is C12H15ClO3. The van der Waals surface area contributed by atoms with Crippen molar-refractivity contribution in [1.29, 1.82) is 0 Å². The minimum absolute atomic E-state index is 0.234. The van der Waals surface area contributed by atoms with Crippen molar-refractivity contribution < 1.29 is 14.6 Å². The zero-order chi connectivity index (χ0) is 12.0. The summed E-state index contributed by atoms with van der Waals surface area (Å²) in [5, 5.41) is 9.64. The number of carboxylic acid groups (broad SMARTS) is 1. The fourth-order valence-electron chi connectivity index (χ4n) is 1.43. The molecule has 3 nitrogen and oxygen atoms in total. The van der Waals surface area contributed by atoms with Gasteiger partial charge >= 0.3 is 5.97 Å². The molecule has 0 aliphatic carbocycles.